The third-order valence-corrected chi connectivity index (χ3v) is 6.95. The Morgan fingerprint density at radius 1 is 0.839 bits per heavy atom. The van der Waals surface area contributed by atoms with Gasteiger partial charge in [0, 0.05) is 17.4 Å². The van der Waals surface area contributed by atoms with Crippen molar-refractivity contribution >= 4 is 27.4 Å². The molecule has 7 heteroatoms. The molecule has 0 unspecified atom stereocenters. The number of hydrogen-bond acceptors (Lipinski definition) is 3. The highest BCUT2D eigenvalue weighted by Gasteiger charge is 2.21. The SMILES string of the molecule is C[C@@H](NS(=O)(=O)c1ccc2c(c1)CCC2)c1ccc(NC(=O)Nc2ccccc2)cc1. The molecule has 0 saturated carbocycles. The lowest BCUT2D eigenvalue weighted by molar-refractivity contribution is 0.262. The molecule has 6 nitrogen and oxygen atoms in total. The Bertz CT molecular complexity index is 1180. The van der Waals surface area contributed by atoms with Crippen molar-refractivity contribution in [3.8, 4) is 0 Å². The van der Waals surface area contributed by atoms with Crippen molar-refractivity contribution in [1.29, 1.82) is 0 Å². The quantitative estimate of drug-likeness (QED) is 0.517. The fourth-order valence-corrected chi connectivity index (χ4v) is 5.04. The first-order valence-corrected chi connectivity index (χ1v) is 11.8. The molecule has 0 aliphatic heterocycles. The first-order valence-electron chi connectivity index (χ1n) is 10.3. The minimum Gasteiger partial charge on any atom is -0.308 e. The van der Waals surface area contributed by atoms with Crippen molar-refractivity contribution in [2.24, 2.45) is 0 Å². The highest BCUT2D eigenvalue weighted by molar-refractivity contribution is 7.89. The number of sulfonamides is 1. The van der Waals surface area contributed by atoms with Crippen molar-refractivity contribution in [2.75, 3.05) is 10.6 Å². The lowest BCUT2D eigenvalue weighted by Gasteiger charge is -2.16. The summed E-state index contributed by atoms with van der Waals surface area (Å²) in [6.07, 6.45) is 3.02. The summed E-state index contributed by atoms with van der Waals surface area (Å²) in [6, 6.07) is 20.9. The number of nitrogens with one attached hydrogen (secondary N) is 3. The molecule has 0 fully saturated rings. The number of hydrogen-bond donors (Lipinski definition) is 3. The zero-order chi connectivity index (χ0) is 21.8. The average Bonchev–Trinajstić information content (AvgIpc) is 3.22. The van der Waals surface area contributed by atoms with Crippen LogP contribution in [0.4, 0.5) is 16.2 Å². The zero-order valence-corrected chi connectivity index (χ0v) is 18.1. The molecule has 3 aromatic rings. The molecule has 2 amide bonds. The summed E-state index contributed by atoms with van der Waals surface area (Å²) in [7, 11) is -3.62. The first kappa shape index (κ1) is 21.1. The van der Waals surface area contributed by atoms with Crippen molar-refractivity contribution in [3.63, 3.8) is 0 Å². The monoisotopic (exact) mass is 435 g/mol. The third-order valence-electron chi connectivity index (χ3n) is 5.41. The number of amides is 2. The molecule has 0 heterocycles. The zero-order valence-electron chi connectivity index (χ0n) is 17.3. The number of carbonyl (C=O) groups excluding carboxylic acids is 1. The minimum absolute atomic E-state index is 0.302. The number of urea groups is 1. The van der Waals surface area contributed by atoms with Crippen LogP contribution in [0.25, 0.3) is 0 Å². The standard InChI is InChI=1S/C24H25N3O3S/c1-17(27-31(29,30)23-15-12-19-6-5-7-20(19)16-23)18-10-13-22(14-11-18)26-24(28)25-21-8-3-2-4-9-21/h2-4,8-17,27H,5-7H2,1H3,(H2,25,26,28)/t17-/m1/s1. The summed E-state index contributed by atoms with van der Waals surface area (Å²) in [5, 5.41) is 5.52. The van der Waals surface area contributed by atoms with Crippen LogP contribution < -0.4 is 15.4 Å². The topological polar surface area (TPSA) is 87.3 Å². The highest BCUT2D eigenvalue weighted by Crippen LogP contribution is 2.26. The number of fused-ring (bicyclic) bond motifs is 1. The van der Waals surface area contributed by atoms with Crippen LogP contribution in [0.3, 0.4) is 0 Å². The van der Waals surface area contributed by atoms with Crippen molar-refractivity contribution < 1.29 is 13.2 Å². The molecule has 160 valence electrons. The first-order chi connectivity index (χ1) is 14.9. The Hall–Kier alpha value is -3.16. The van der Waals surface area contributed by atoms with Crippen LogP contribution >= 0.6 is 0 Å². The lowest BCUT2D eigenvalue weighted by atomic mass is 10.1. The van der Waals surface area contributed by atoms with E-state index in [1.54, 1.807) is 55.5 Å². The van der Waals surface area contributed by atoms with Gasteiger partial charge in [0.2, 0.25) is 10.0 Å². The summed E-state index contributed by atoms with van der Waals surface area (Å²) in [4.78, 5) is 12.4. The van der Waals surface area contributed by atoms with Crippen LogP contribution in [0.5, 0.6) is 0 Å². The van der Waals surface area contributed by atoms with Gasteiger partial charge >= 0.3 is 6.03 Å². The molecule has 1 aliphatic rings. The Labute approximate surface area is 182 Å². The predicted octanol–water partition coefficient (Wildman–Crippen LogP) is 4.86. The van der Waals surface area contributed by atoms with Crippen LogP contribution in [-0.4, -0.2) is 14.4 Å². The van der Waals surface area contributed by atoms with Gasteiger partial charge in [-0.05, 0) is 79.3 Å². The molecule has 31 heavy (non-hydrogen) atoms. The molecule has 0 radical (unpaired) electrons. The second-order valence-corrected chi connectivity index (χ2v) is 9.41. The Balaban J connectivity index is 1.38. The summed E-state index contributed by atoms with van der Waals surface area (Å²) in [6.45, 7) is 1.80. The maximum atomic E-state index is 12.8. The number of para-hydroxylation sites is 1. The Morgan fingerprint density at radius 3 is 2.19 bits per heavy atom. The van der Waals surface area contributed by atoms with Gasteiger partial charge in [-0.2, -0.15) is 0 Å². The average molecular weight is 436 g/mol. The van der Waals surface area contributed by atoms with E-state index in [0.717, 1.165) is 30.4 Å². The normalized spacial score (nSPS) is 14.0. The highest BCUT2D eigenvalue weighted by atomic mass is 32.2. The molecule has 1 atom stereocenters. The van der Waals surface area contributed by atoms with Crippen molar-refractivity contribution in [2.45, 2.75) is 37.1 Å². The van der Waals surface area contributed by atoms with Crippen LogP contribution in [0.15, 0.2) is 77.7 Å². The van der Waals surface area contributed by atoms with Gasteiger partial charge in [-0.25, -0.2) is 17.9 Å². The van der Waals surface area contributed by atoms with Gasteiger partial charge < -0.3 is 10.6 Å². The molecule has 0 aromatic heterocycles. The van der Waals surface area contributed by atoms with Crippen molar-refractivity contribution in [3.05, 3.63) is 89.5 Å². The molecular weight excluding hydrogens is 410 g/mol. The van der Waals surface area contributed by atoms with Crippen molar-refractivity contribution in [1.82, 2.24) is 4.72 Å². The van der Waals surface area contributed by atoms with Gasteiger partial charge in [0.25, 0.3) is 0 Å². The molecule has 3 aromatic carbocycles. The summed E-state index contributed by atoms with van der Waals surface area (Å²) in [5.74, 6) is 0. The van der Waals surface area contributed by atoms with E-state index in [1.807, 2.05) is 24.3 Å². The van der Waals surface area contributed by atoms with Crippen LogP contribution in [0.2, 0.25) is 0 Å². The second kappa shape index (κ2) is 8.91. The molecule has 0 spiro atoms. The lowest BCUT2D eigenvalue weighted by Crippen LogP contribution is -2.27. The fraction of sp³-hybridized carbons (Fsp3) is 0.208. The van der Waals surface area contributed by atoms with E-state index < -0.39 is 16.1 Å². The molecule has 3 N–H and O–H groups in total. The van der Waals surface area contributed by atoms with E-state index in [1.165, 1.54) is 5.56 Å². The van der Waals surface area contributed by atoms with Gasteiger partial charge in [0.15, 0.2) is 0 Å². The van der Waals surface area contributed by atoms with E-state index in [4.69, 9.17) is 0 Å². The molecular formula is C24H25N3O3S. The Kier molecular flexibility index (Phi) is 6.06. The van der Waals surface area contributed by atoms with Crippen LogP contribution in [0.1, 0.15) is 36.1 Å². The minimum atomic E-state index is -3.62. The van der Waals surface area contributed by atoms with E-state index in [-0.39, 0.29) is 6.03 Å². The third kappa shape index (κ3) is 5.13. The molecule has 0 bridgehead atoms. The van der Waals surface area contributed by atoms with E-state index in [0.29, 0.717) is 16.3 Å². The maximum absolute atomic E-state index is 12.8. The smallest absolute Gasteiger partial charge is 0.308 e. The molecule has 4 rings (SSSR count). The predicted molar refractivity (Wildman–Crippen MR) is 123 cm³/mol. The Morgan fingerprint density at radius 2 is 1.48 bits per heavy atom. The largest absolute Gasteiger partial charge is 0.323 e. The van der Waals surface area contributed by atoms with Gasteiger partial charge in [0.05, 0.1) is 4.90 Å². The van der Waals surface area contributed by atoms with Gasteiger partial charge in [-0.1, -0.05) is 36.4 Å². The summed E-state index contributed by atoms with van der Waals surface area (Å²) < 4.78 is 28.4. The van der Waals surface area contributed by atoms with E-state index >= 15 is 0 Å². The van der Waals surface area contributed by atoms with E-state index in [9.17, 15) is 13.2 Å². The number of rotatable bonds is 6. The maximum Gasteiger partial charge on any atom is 0.323 e. The van der Waals surface area contributed by atoms with Crippen LogP contribution in [0, 0.1) is 0 Å². The second-order valence-electron chi connectivity index (χ2n) is 7.69. The number of carbonyl (C=O) groups is 1. The number of aryl methyl sites for hydroxylation is 2. The summed E-state index contributed by atoms with van der Waals surface area (Å²) >= 11 is 0. The van der Waals surface area contributed by atoms with Crippen LogP contribution in [-0.2, 0) is 22.9 Å². The summed E-state index contributed by atoms with van der Waals surface area (Å²) in [5.41, 5.74) is 4.49. The molecule has 0 saturated heterocycles. The van der Waals surface area contributed by atoms with E-state index in [2.05, 4.69) is 15.4 Å². The fourth-order valence-electron chi connectivity index (χ4n) is 3.75. The van der Waals surface area contributed by atoms with Gasteiger partial charge in [-0.3, -0.25) is 0 Å². The van der Waals surface area contributed by atoms with Gasteiger partial charge in [-0.15, -0.1) is 0 Å². The van der Waals surface area contributed by atoms with Gasteiger partial charge in [0.1, 0.15) is 0 Å². The molecule has 1 aliphatic carbocycles. The number of anilines is 2. The number of benzene rings is 3.